The zero-order valence-electron chi connectivity index (χ0n) is 24.9. The molecule has 4 aliphatic rings. The fourth-order valence-corrected chi connectivity index (χ4v) is 6.89. The topological polar surface area (TPSA) is 109 Å². The van der Waals surface area contributed by atoms with Gasteiger partial charge in [-0.15, -0.1) is 0 Å². The van der Waals surface area contributed by atoms with Crippen LogP contribution in [0.15, 0.2) is 48.5 Å². The number of hydrogen-bond donors (Lipinski definition) is 2. The third-order valence-corrected chi connectivity index (χ3v) is 9.39. The summed E-state index contributed by atoms with van der Waals surface area (Å²) in [5, 5.41) is 6.99. The van der Waals surface area contributed by atoms with Gasteiger partial charge in [-0.1, -0.05) is 35.9 Å². The van der Waals surface area contributed by atoms with Crippen LogP contribution in [0.25, 0.3) is 0 Å². The van der Waals surface area contributed by atoms with E-state index in [1.165, 1.54) is 0 Å². The van der Waals surface area contributed by atoms with Gasteiger partial charge >= 0.3 is 0 Å². The van der Waals surface area contributed by atoms with Crippen molar-refractivity contribution in [2.75, 3.05) is 46.0 Å². The summed E-state index contributed by atoms with van der Waals surface area (Å²) in [5.41, 5.74) is 1.49. The highest BCUT2D eigenvalue weighted by atomic mass is 35.5. The number of fused-ring (bicyclic) bond motifs is 4. The molecule has 4 aliphatic heterocycles. The maximum Gasteiger partial charge on any atom is 0.258 e. The fourth-order valence-electron chi connectivity index (χ4n) is 6.68. The first-order chi connectivity index (χ1) is 21.4. The maximum absolute atomic E-state index is 14.0. The van der Waals surface area contributed by atoms with Crippen molar-refractivity contribution in [2.24, 2.45) is 5.92 Å². The molecule has 4 atom stereocenters. The fraction of sp³-hybridized carbons (Fsp3) is 0.545. The van der Waals surface area contributed by atoms with Crippen molar-refractivity contribution in [3.05, 3.63) is 64.7 Å². The summed E-state index contributed by atoms with van der Waals surface area (Å²) in [7, 11) is 0. The van der Waals surface area contributed by atoms with Crippen molar-refractivity contribution in [2.45, 2.75) is 62.9 Å². The van der Waals surface area contributed by atoms with Crippen molar-refractivity contribution in [1.29, 1.82) is 0 Å². The molecule has 0 spiro atoms. The maximum atomic E-state index is 14.0. The predicted octanol–water partition coefficient (Wildman–Crippen LogP) is 3.02. The Morgan fingerprint density at radius 1 is 0.977 bits per heavy atom. The molecule has 4 heterocycles. The Morgan fingerprint density at radius 3 is 2.66 bits per heavy atom. The smallest absolute Gasteiger partial charge is 0.258 e. The van der Waals surface area contributed by atoms with Gasteiger partial charge in [0.1, 0.15) is 11.8 Å². The quantitative estimate of drug-likeness (QED) is 0.538. The van der Waals surface area contributed by atoms with Gasteiger partial charge in [0.25, 0.3) is 5.91 Å². The molecule has 0 unspecified atom stereocenters. The number of nitrogens with one attached hydrogen (secondary N) is 2. The van der Waals surface area contributed by atoms with E-state index < -0.39 is 12.1 Å². The Kier molecular flexibility index (Phi) is 10.0. The second-order valence-electron chi connectivity index (χ2n) is 12.1. The van der Waals surface area contributed by atoms with E-state index in [1.807, 2.05) is 36.4 Å². The molecular weight excluding hydrogens is 584 g/mol. The molecule has 2 aromatic rings. The van der Waals surface area contributed by atoms with Gasteiger partial charge in [0, 0.05) is 63.3 Å². The van der Waals surface area contributed by atoms with E-state index in [-0.39, 0.29) is 42.3 Å². The van der Waals surface area contributed by atoms with E-state index in [9.17, 15) is 14.4 Å². The second-order valence-corrected chi connectivity index (χ2v) is 12.6. The van der Waals surface area contributed by atoms with E-state index >= 15 is 0 Å². The number of nitrogens with zero attached hydrogens (tertiary/aromatic N) is 2. The van der Waals surface area contributed by atoms with Crippen molar-refractivity contribution < 1.29 is 28.6 Å². The van der Waals surface area contributed by atoms with Crippen LogP contribution in [0.1, 0.15) is 48.0 Å². The lowest BCUT2D eigenvalue weighted by molar-refractivity contribution is -0.134. The zero-order valence-corrected chi connectivity index (χ0v) is 25.7. The zero-order chi connectivity index (χ0) is 30.5. The van der Waals surface area contributed by atoms with Crippen LogP contribution in [0.3, 0.4) is 0 Å². The van der Waals surface area contributed by atoms with Gasteiger partial charge in [-0.25, -0.2) is 0 Å². The molecule has 6 rings (SSSR count). The first-order valence-electron chi connectivity index (χ1n) is 15.8. The minimum atomic E-state index is -0.721. The molecule has 3 fully saturated rings. The minimum Gasteiger partial charge on any atom is -0.493 e. The van der Waals surface area contributed by atoms with Gasteiger partial charge < -0.3 is 29.7 Å². The van der Waals surface area contributed by atoms with Crippen LogP contribution in [-0.4, -0.2) is 97.8 Å². The van der Waals surface area contributed by atoms with Gasteiger partial charge in [0.2, 0.25) is 11.8 Å². The third kappa shape index (κ3) is 7.37. The first-order valence-corrected chi connectivity index (χ1v) is 16.1. The number of piperazine rings is 1. The summed E-state index contributed by atoms with van der Waals surface area (Å²) in [6.07, 6.45) is 3.09. The Bertz CT molecular complexity index is 1340. The SMILES string of the molecule is O=C(N[C@@H]1CC[C@H]2CCOc3ccccc3C(=O)N3CCN(Cc4cccc(Cl)c4)C[C@H]3C(=O)NC[C@H]1O2)C1CCOCC1. The third-order valence-electron chi connectivity index (χ3n) is 9.15. The van der Waals surface area contributed by atoms with Crippen LogP contribution in [0.5, 0.6) is 5.75 Å². The number of amides is 3. The normalized spacial score (nSPS) is 27.2. The Labute approximate surface area is 263 Å². The lowest BCUT2D eigenvalue weighted by Gasteiger charge is -2.42. The summed E-state index contributed by atoms with van der Waals surface area (Å²) < 4.78 is 18.1. The van der Waals surface area contributed by atoms with Crippen molar-refractivity contribution in [3.8, 4) is 5.75 Å². The molecule has 2 bridgehead atoms. The predicted molar refractivity (Wildman–Crippen MR) is 164 cm³/mol. The van der Waals surface area contributed by atoms with Crippen LogP contribution in [0, 0.1) is 5.92 Å². The molecule has 44 heavy (non-hydrogen) atoms. The summed E-state index contributed by atoms with van der Waals surface area (Å²) in [6, 6.07) is 14.0. The summed E-state index contributed by atoms with van der Waals surface area (Å²) in [5.74, 6) is -0.0193. The highest BCUT2D eigenvalue weighted by molar-refractivity contribution is 6.30. The van der Waals surface area contributed by atoms with Crippen LogP contribution < -0.4 is 15.4 Å². The van der Waals surface area contributed by atoms with E-state index in [0.717, 1.165) is 18.4 Å². The average molecular weight is 625 g/mol. The number of para-hydroxylation sites is 1. The van der Waals surface area contributed by atoms with Gasteiger partial charge in [-0.2, -0.15) is 0 Å². The summed E-state index contributed by atoms with van der Waals surface area (Å²) in [4.78, 5) is 44.8. The molecule has 11 heteroatoms. The summed E-state index contributed by atoms with van der Waals surface area (Å²) >= 11 is 6.23. The van der Waals surface area contributed by atoms with Crippen LogP contribution in [-0.2, 0) is 25.6 Å². The second kappa shape index (κ2) is 14.3. The Morgan fingerprint density at radius 2 is 1.82 bits per heavy atom. The highest BCUT2D eigenvalue weighted by Crippen LogP contribution is 2.27. The molecule has 0 radical (unpaired) electrons. The molecule has 0 aromatic heterocycles. The van der Waals surface area contributed by atoms with Crippen molar-refractivity contribution in [1.82, 2.24) is 20.4 Å². The molecule has 2 aromatic carbocycles. The van der Waals surface area contributed by atoms with Crippen molar-refractivity contribution in [3.63, 3.8) is 0 Å². The molecule has 236 valence electrons. The highest BCUT2D eigenvalue weighted by Gasteiger charge is 2.39. The number of benzene rings is 2. The molecule has 3 saturated heterocycles. The van der Waals surface area contributed by atoms with Crippen LogP contribution in [0.4, 0.5) is 0 Å². The molecule has 0 saturated carbocycles. The van der Waals surface area contributed by atoms with Gasteiger partial charge in [-0.3, -0.25) is 19.3 Å². The standard InChI is InChI=1S/C33H41ClN4O6/c34-24-5-3-4-22(18-24)20-37-13-14-38-28(21-37)32(40)35-19-30-27(36-31(39)23-10-15-42-16-11-23)9-8-25(44-30)12-17-43-29-7-2-1-6-26(29)33(38)41/h1-7,18,23,25,27-28,30H,8-17,19-21H2,(H,35,40)(H,36,39)/t25-,27+,28-,30+/m0/s1. The molecule has 10 nitrogen and oxygen atoms in total. The largest absolute Gasteiger partial charge is 0.493 e. The number of ether oxygens (including phenoxy) is 3. The molecule has 2 N–H and O–H groups in total. The number of carbonyl (C=O) groups is 3. The van der Waals surface area contributed by atoms with Gasteiger partial charge in [0.15, 0.2) is 0 Å². The summed E-state index contributed by atoms with van der Waals surface area (Å²) in [6.45, 7) is 3.79. The number of carbonyl (C=O) groups excluding carboxylic acids is 3. The van der Waals surface area contributed by atoms with E-state index in [1.54, 1.807) is 17.0 Å². The number of halogens is 1. The van der Waals surface area contributed by atoms with Crippen molar-refractivity contribution >= 4 is 29.3 Å². The van der Waals surface area contributed by atoms with E-state index in [0.29, 0.717) is 81.6 Å². The lowest BCUT2D eigenvalue weighted by Crippen LogP contribution is -2.62. The number of rotatable bonds is 4. The Hall–Kier alpha value is -3.18. The van der Waals surface area contributed by atoms with E-state index in [2.05, 4.69) is 15.5 Å². The van der Waals surface area contributed by atoms with E-state index in [4.69, 9.17) is 25.8 Å². The average Bonchev–Trinajstić information content (AvgIpc) is 3.04. The minimum absolute atomic E-state index is 0.0201. The molecule has 0 aliphatic carbocycles. The van der Waals surface area contributed by atoms with Gasteiger partial charge in [-0.05, 0) is 55.5 Å². The first kappa shape index (κ1) is 30.8. The molecule has 3 amide bonds. The Balaban J connectivity index is 1.22. The molecular formula is C33H41ClN4O6. The van der Waals surface area contributed by atoms with Crippen LogP contribution >= 0.6 is 11.6 Å². The van der Waals surface area contributed by atoms with Crippen LogP contribution in [0.2, 0.25) is 5.02 Å². The lowest BCUT2D eigenvalue weighted by atomic mass is 9.94. The van der Waals surface area contributed by atoms with Gasteiger partial charge in [0.05, 0.1) is 30.4 Å². The monoisotopic (exact) mass is 624 g/mol. The number of hydrogen-bond acceptors (Lipinski definition) is 7.